The second-order valence-electron chi connectivity index (χ2n) is 9.23. The minimum Gasteiger partial charge on any atom is -0.408 e. The molecule has 2 fully saturated rings. The first kappa shape index (κ1) is 19.5. The summed E-state index contributed by atoms with van der Waals surface area (Å²) < 4.78 is 20.8. The number of anilines is 1. The van der Waals surface area contributed by atoms with Gasteiger partial charge in [-0.2, -0.15) is 4.98 Å². The first-order valence-electron chi connectivity index (χ1n) is 9.21. The van der Waals surface area contributed by atoms with E-state index < -0.39 is 25.8 Å². The summed E-state index contributed by atoms with van der Waals surface area (Å²) in [6, 6.07) is 1.60. The van der Waals surface area contributed by atoms with Gasteiger partial charge in [-0.15, -0.1) is 0 Å². The van der Waals surface area contributed by atoms with Crippen LogP contribution in [-0.4, -0.2) is 42.3 Å². The molecule has 0 aromatic carbocycles. The molecule has 2 N–H and O–H groups in total. The largest absolute Gasteiger partial charge is 0.408 e. The van der Waals surface area contributed by atoms with Gasteiger partial charge in [0.15, 0.2) is 14.5 Å². The topological polar surface area (TPSA) is 88.6 Å². The summed E-state index contributed by atoms with van der Waals surface area (Å²) in [4.78, 5) is 16.2. The predicted molar refractivity (Wildman–Crippen MR) is 102 cm³/mol. The molecule has 0 amide bonds. The van der Waals surface area contributed by atoms with Crippen LogP contribution in [0.4, 0.5) is 5.82 Å². The molecule has 146 valence electrons. The monoisotopic (exact) mass is 381 g/mol. The second kappa shape index (κ2) is 6.15. The number of nitrogens with two attached hydrogens (primary N) is 1. The molecular formula is C18H31N3O4Si. The summed E-state index contributed by atoms with van der Waals surface area (Å²) in [6.45, 7) is 15.8. The lowest BCUT2D eigenvalue weighted by Gasteiger charge is -2.42. The average Bonchev–Trinajstić information content (AvgIpc) is 2.99. The number of aromatic nitrogens is 2. The number of rotatable bonds is 4. The zero-order valence-corrected chi connectivity index (χ0v) is 17.8. The Balaban J connectivity index is 1.99. The Kier molecular flexibility index (Phi) is 4.62. The Hall–Kier alpha value is -1.22. The van der Waals surface area contributed by atoms with Gasteiger partial charge in [0.2, 0.25) is 0 Å². The molecule has 2 bridgehead atoms. The van der Waals surface area contributed by atoms with Crippen molar-refractivity contribution in [2.45, 2.75) is 76.8 Å². The van der Waals surface area contributed by atoms with Crippen molar-refractivity contribution < 1.29 is 13.9 Å². The van der Waals surface area contributed by atoms with Gasteiger partial charge in [-0.3, -0.25) is 4.57 Å². The first-order valence-corrected chi connectivity index (χ1v) is 12.1. The van der Waals surface area contributed by atoms with Gasteiger partial charge in [-0.05, 0) is 30.1 Å². The van der Waals surface area contributed by atoms with Crippen LogP contribution >= 0.6 is 0 Å². The summed E-state index contributed by atoms with van der Waals surface area (Å²) in [5.41, 5.74) is 4.62. The molecule has 0 radical (unpaired) electrons. The van der Waals surface area contributed by atoms with E-state index in [4.69, 9.17) is 19.6 Å². The zero-order valence-electron chi connectivity index (χ0n) is 16.8. The summed E-state index contributed by atoms with van der Waals surface area (Å²) in [6.07, 6.45) is 0.519. The molecule has 0 aliphatic carbocycles. The van der Waals surface area contributed by atoms with Crippen LogP contribution in [-0.2, 0) is 13.9 Å². The van der Waals surface area contributed by atoms with Gasteiger partial charge in [-0.25, -0.2) is 4.79 Å². The van der Waals surface area contributed by atoms with Gasteiger partial charge in [0.25, 0.3) is 0 Å². The van der Waals surface area contributed by atoms with E-state index in [9.17, 15) is 4.79 Å². The molecule has 0 saturated carbocycles. The van der Waals surface area contributed by atoms with Crippen LogP contribution in [0.1, 0.15) is 40.8 Å². The standard InChI is InChI=1S/C18H31N3O4Si/c1-11(2)18-10-23-13(14(18)25-26(6,7)17(3,4)5)15(24-18)21-9-8-12(19)20-16(21)22/h8-9,11,13-15H,10H2,1-7H3,(H2,19,20,22)/t13-,14-,15-,18-/m1/s1. The van der Waals surface area contributed by atoms with E-state index in [1.165, 1.54) is 4.57 Å². The van der Waals surface area contributed by atoms with Crippen molar-refractivity contribution in [1.29, 1.82) is 0 Å². The quantitative estimate of drug-likeness (QED) is 0.806. The van der Waals surface area contributed by atoms with Crippen LogP contribution < -0.4 is 11.4 Å². The smallest absolute Gasteiger partial charge is 0.351 e. The molecule has 1 aromatic rings. The van der Waals surface area contributed by atoms with Crippen LogP contribution in [0.2, 0.25) is 18.1 Å². The third-order valence-corrected chi connectivity index (χ3v) is 10.7. The fourth-order valence-corrected chi connectivity index (χ4v) is 4.75. The molecule has 2 aliphatic heterocycles. The summed E-state index contributed by atoms with van der Waals surface area (Å²) >= 11 is 0. The average molecular weight is 382 g/mol. The van der Waals surface area contributed by atoms with Gasteiger partial charge < -0.3 is 19.6 Å². The lowest BCUT2D eigenvalue weighted by atomic mass is 9.87. The third-order valence-electron chi connectivity index (χ3n) is 6.23. The van der Waals surface area contributed by atoms with Crippen molar-refractivity contribution in [1.82, 2.24) is 9.55 Å². The molecule has 3 heterocycles. The van der Waals surface area contributed by atoms with Crippen molar-refractivity contribution in [3.05, 3.63) is 22.7 Å². The second-order valence-corrected chi connectivity index (χ2v) is 14.0. The molecular weight excluding hydrogens is 350 g/mol. The maximum Gasteiger partial charge on any atom is 0.351 e. The maximum atomic E-state index is 12.3. The summed E-state index contributed by atoms with van der Waals surface area (Å²) in [7, 11) is -2.04. The number of hydrogen-bond donors (Lipinski definition) is 1. The van der Waals surface area contributed by atoms with E-state index in [-0.39, 0.29) is 29.0 Å². The minimum atomic E-state index is -2.04. The number of ether oxygens (including phenoxy) is 2. The SMILES string of the molecule is CC(C)[C@@]12CO[C@@H]([C@H](n3ccc(N)nc3=O)O1)[C@H]2O[Si](C)(C)C(C)(C)C. The number of nitrogen functional groups attached to an aromatic ring is 1. The zero-order chi connectivity index (χ0) is 19.5. The minimum absolute atomic E-state index is 0.0717. The molecule has 7 nitrogen and oxygen atoms in total. The first-order chi connectivity index (χ1) is 11.9. The van der Waals surface area contributed by atoms with Gasteiger partial charge >= 0.3 is 5.69 Å². The molecule has 0 spiro atoms. The summed E-state index contributed by atoms with van der Waals surface area (Å²) in [5.74, 6) is 0.382. The number of hydrogen-bond acceptors (Lipinski definition) is 6. The van der Waals surface area contributed by atoms with E-state index in [1.54, 1.807) is 12.3 Å². The Bertz CT molecular complexity index is 743. The van der Waals surface area contributed by atoms with Gasteiger partial charge in [0, 0.05) is 6.20 Å². The maximum absolute atomic E-state index is 12.3. The van der Waals surface area contributed by atoms with Crippen molar-refractivity contribution in [2.24, 2.45) is 5.92 Å². The van der Waals surface area contributed by atoms with Crippen molar-refractivity contribution in [3.8, 4) is 0 Å². The molecule has 2 aliphatic rings. The number of nitrogens with zero attached hydrogens (tertiary/aromatic N) is 2. The molecule has 4 atom stereocenters. The van der Waals surface area contributed by atoms with Gasteiger partial charge in [0.1, 0.15) is 23.6 Å². The summed E-state index contributed by atoms with van der Waals surface area (Å²) in [5, 5.41) is 0.0717. The van der Waals surface area contributed by atoms with Gasteiger partial charge in [-0.1, -0.05) is 34.6 Å². The van der Waals surface area contributed by atoms with Crippen LogP contribution in [0.5, 0.6) is 0 Å². The number of fused-ring (bicyclic) bond motifs is 2. The molecule has 8 heteroatoms. The lowest BCUT2D eigenvalue weighted by Crippen LogP contribution is -2.53. The van der Waals surface area contributed by atoms with Gasteiger partial charge in [0.05, 0.1) is 6.61 Å². The van der Waals surface area contributed by atoms with Crippen molar-refractivity contribution in [2.75, 3.05) is 12.3 Å². The van der Waals surface area contributed by atoms with Crippen molar-refractivity contribution >= 4 is 14.1 Å². The van der Waals surface area contributed by atoms with Crippen LogP contribution in [0.3, 0.4) is 0 Å². The van der Waals surface area contributed by atoms with E-state index in [0.717, 1.165) is 0 Å². The lowest BCUT2D eigenvalue weighted by molar-refractivity contribution is -0.190. The van der Waals surface area contributed by atoms with E-state index in [0.29, 0.717) is 6.61 Å². The van der Waals surface area contributed by atoms with Crippen LogP contribution in [0.15, 0.2) is 17.1 Å². The highest BCUT2D eigenvalue weighted by Gasteiger charge is 2.65. The fraction of sp³-hybridized carbons (Fsp3) is 0.778. The highest BCUT2D eigenvalue weighted by Crippen LogP contribution is 2.52. The Labute approximate surface area is 156 Å². The van der Waals surface area contributed by atoms with Crippen LogP contribution in [0, 0.1) is 5.92 Å². The van der Waals surface area contributed by atoms with Crippen LogP contribution in [0.25, 0.3) is 0 Å². The Morgan fingerprint density at radius 1 is 1.42 bits per heavy atom. The van der Waals surface area contributed by atoms with E-state index in [2.05, 4.69) is 52.7 Å². The van der Waals surface area contributed by atoms with E-state index in [1.807, 2.05) is 0 Å². The molecule has 2 saturated heterocycles. The molecule has 1 aromatic heterocycles. The normalized spacial score (nSPS) is 31.8. The fourth-order valence-electron chi connectivity index (χ4n) is 3.43. The van der Waals surface area contributed by atoms with E-state index >= 15 is 0 Å². The highest BCUT2D eigenvalue weighted by molar-refractivity contribution is 6.74. The third kappa shape index (κ3) is 2.92. The molecule has 0 unspecified atom stereocenters. The highest BCUT2D eigenvalue weighted by atomic mass is 28.4. The Morgan fingerprint density at radius 2 is 2.08 bits per heavy atom. The Morgan fingerprint density at radius 3 is 2.62 bits per heavy atom. The molecule has 26 heavy (non-hydrogen) atoms. The predicted octanol–water partition coefficient (Wildman–Crippen LogP) is 2.54. The van der Waals surface area contributed by atoms with Crippen molar-refractivity contribution in [3.63, 3.8) is 0 Å². The molecule has 3 rings (SSSR count).